The number of fused-ring (bicyclic) bond motifs is 2. The van der Waals surface area contributed by atoms with Gasteiger partial charge in [0.15, 0.2) is 0 Å². The molecule has 6 unspecified atom stereocenters. The zero-order valence-electron chi connectivity index (χ0n) is 16.8. The molecule has 2 saturated carbocycles. The third kappa shape index (κ3) is 1.81. The van der Waals surface area contributed by atoms with E-state index in [-0.39, 0.29) is 0 Å². The van der Waals surface area contributed by atoms with Crippen LogP contribution in [0, 0.1) is 23.7 Å². The van der Waals surface area contributed by atoms with Gasteiger partial charge in [0.2, 0.25) is 0 Å². The van der Waals surface area contributed by atoms with Gasteiger partial charge in [-0.1, -0.05) is 0 Å². The monoisotopic (exact) mass is 427 g/mol. The molecule has 0 aromatic carbocycles. The molecule has 0 spiro atoms. The Labute approximate surface area is 154 Å². The van der Waals surface area contributed by atoms with E-state index in [0.717, 1.165) is 30.9 Å². The van der Waals surface area contributed by atoms with Gasteiger partial charge in [0.05, 0.1) is 0 Å². The Kier molecular flexibility index (Phi) is 3.12. The molecule has 0 N–H and O–H groups in total. The predicted molar refractivity (Wildman–Crippen MR) is 113 cm³/mol. The first-order chi connectivity index (χ1) is 12.3. The van der Waals surface area contributed by atoms with E-state index in [9.17, 15) is 0 Å². The van der Waals surface area contributed by atoms with Crippen LogP contribution in [0.15, 0.2) is 61.3 Å². The summed E-state index contributed by atoms with van der Waals surface area (Å²) < 4.78 is 12.3. The van der Waals surface area contributed by atoms with E-state index in [4.69, 9.17) is 0 Å². The van der Waals surface area contributed by atoms with E-state index in [0.29, 0.717) is 0 Å². The maximum atomic E-state index is 4.36. The first-order valence-corrected chi connectivity index (χ1v) is 24.2. The molecule has 0 aromatic heterocycles. The van der Waals surface area contributed by atoms with Crippen LogP contribution in [0.3, 0.4) is 0 Å². The fraction of sp³-hybridized carbons (Fsp3) is 0.600. The van der Waals surface area contributed by atoms with Crippen LogP contribution in [-0.2, 0) is 15.8 Å². The Hall–Kier alpha value is -0.417. The fourth-order valence-corrected chi connectivity index (χ4v) is 55.0. The zero-order chi connectivity index (χ0) is 18.2. The summed E-state index contributed by atoms with van der Waals surface area (Å²) in [5, 5.41) is 0. The molecule has 4 aliphatic carbocycles. The zero-order valence-corrected chi connectivity index (χ0v) is 19.3. The summed E-state index contributed by atoms with van der Waals surface area (Å²) in [4.78, 5) is 0. The van der Waals surface area contributed by atoms with Gasteiger partial charge in [0, 0.05) is 0 Å². The molecule has 0 bridgehead atoms. The summed E-state index contributed by atoms with van der Waals surface area (Å²) in [6, 6.07) is 0. The van der Waals surface area contributed by atoms with Crippen molar-refractivity contribution in [2.24, 2.45) is 23.7 Å². The van der Waals surface area contributed by atoms with Crippen molar-refractivity contribution in [2.45, 2.75) is 54.6 Å². The van der Waals surface area contributed by atoms with Gasteiger partial charge in [-0.3, -0.25) is 0 Å². The molecule has 0 nitrogen and oxygen atoms in total. The first-order valence-electron chi connectivity index (χ1n) is 11.3. The number of hydrogen-bond donors (Lipinski definition) is 0. The van der Waals surface area contributed by atoms with Gasteiger partial charge >= 0.3 is 155 Å². The molecular weight excluding hydrogens is 391 g/mol. The van der Waals surface area contributed by atoms with Gasteiger partial charge < -0.3 is 0 Å². The van der Waals surface area contributed by atoms with E-state index in [2.05, 4.69) is 70.5 Å². The van der Waals surface area contributed by atoms with Crippen LogP contribution >= 0.6 is 0 Å². The first kappa shape index (κ1) is 17.7. The summed E-state index contributed by atoms with van der Waals surface area (Å²) in [6.07, 6.45) is 27.8. The van der Waals surface area contributed by atoms with Crippen LogP contribution in [0.4, 0.5) is 0 Å². The SMILES string of the molecule is C=C[CH2][Zr]1([CH3])([CH3])([CH]2CCC3C=CC=CC32)([CH]2CCC3C=CC=CC32)[CH2][CH2]1. The average Bonchev–Trinajstić information content (AvgIpc) is 3.04. The minimum atomic E-state index is -3.94. The van der Waals surface area contributed by atoms with Gasteiger partial charge in [-0.05, 0) is 0 Å². The van der Waals surface area contributed by atoms with Gasteiger partial charge in [-0.25, -0.2) is 0 Å². The van der Waals surface area contributed by atoms with E-state index in [1.165, 1.54) is 29.8 Å². The Morgan fingerprint density at radius 1 is 0.769 bits per heavy atom. The summed E-state index contributed by atoms with van der Waals surface area (Å²) in [7, 11) is 0. The Morgan fingerprint density at radius 2 is 1.23 bits per heavy atom. The van der Waals surface area contributed by atoms with E-state index >= 15 is 0 Å². The van der Waals surface area contributed by atoms with Gasteiger partial charge in [-0.15, -0.1) is 0 Å². The van der Waals surface area contributed by atoms with Crippen molar-refractivity contribution in [3.8, 4) is 0 Å². The van der Waals surface area contributed by atoms with Crippen LogP contribution in [0.2, 0.25) is 28.9 Å². The maximum absolute atomic E-state index is 4.36. The van der Waals surface area contributed by atoms with Gasteiger partial charge in [-0.2, -0.15) is 0 Å². The molecule has 0 aromatic rings. The molecule has 1 heteroatoms. The third-order valence-corrected chi connectivity index (χ3v) is 48.3. The fourth-order valence-electron chi connectivity index (χ4n) is 9.74. The standard InChI is InChI=1S/2C9H11.C3H5.C2H4.2CH3.Zr/c2*1-2-5-9-7-3-6-8(9)4-1;1-3-2;1-2;;;/h2*1-2,4-6,8-9H,3,7H2;3H,1-2H2;1-2H2;2*1H3;. The second-order valence-electron chi connectivity index (χ2n) is 13.3. The topological polar surface area (TPSA) is 0 Å². The molecule has 1 saturated heterocycles. The number of allylic oxidation sites excluding steroid dienone is 9. The third-order valence-electron chi connectivity index (χ3n) is 11.9. The summed E-state index contributed by atoms with van der Waals surface area (Å²) in [5.74, 6) is 3.23. The van der Waals surface area contributed by atoms with Gasteiger partial charge in [0.25, 0.3) is 0 Å². The summed E-state index contributed by atoms with van der Waals surface area (Å²) in [5.41, 5.74) is 0. The van der Waals surface area contributed by atoms with Crippen molar-refractivity contribution >= 4 is 0 Å². The molecule has 26 heavy (non-hydrogen) atoms. The molecule has 1 aliphatic heterocycles. The minimum absolute atomic E-state index is 0.807. The van der Waals surface area contributed by atoms with E-state index < -0.39 is 15.8 Å². The van der Waals surface area contributed by atoms with E-state index in [1.54, 1.807) is 8.26 Å². The Morgan fingerprint density at radius 3 is 1.65 bits per heavy atom. The summed E-state index contributed by atoms with van der Waals surface area (Å²) in [6.45, 7) is 4.36. The van der Waals surface area contributed by atoms with Crippen molar-refractivity contribution in [2.75, 3.05) is 0 Å². The molecular formula is C25H37Zr. The van der Waals surface area contributed by atoms with Crippen LogP contribution in [0.1, 0.15) is 25.7 Å². The Balaban J connectivity index is 1.69. The van der Waals surface area contributed by atoms with Crippen molar-refractivity contribution in [3.63, 3.8) is 0 Å². The Bertz CT molecular complexity index is 757. The molecule has 5 rings (SSSR count). The second-order valence-corrected chi connectivity index (χ2v) is 49.5. The summed E-state index contributed by atoms with van der Waals surface area (Å²) >= 11 is -3.94. The average molecular weight is 429 g/mol. The number of rotatable bonds is 4. The molecule has 6 atom stereocenters. The van der Waals surface area contributed by atoms with Gasteiger partial charge in [0.1, 0.15) is 0 Å². The van der Waals surface area contributed by atoms with Crippen LogP contribution in [-0.4, -0.2) is 0 Å². The molecule has 3 fully saturated rings. The van der Waals surface area contributed by atoms with Crippen LogP contribution in [0.5, 0.6) is 0 Å². The van der Waals surface area contributed by atoms with Crippen LogP contribution < -0.4 is 0 Å². The molecule has 0 amide bonds. The predicted octanol–water partition coefficient (Wildman–Crippen LogP) is 8.18. The van der Waals surface area contributed by atoms with Crippen molar-refractivity contribution in [3.05, 3.63) is 61.3 Å². The van der Waals surface area contributed by atoms with E-state index in [1.807, 2.05) is 0 Å². The van der Waals surface area contributed by atoms with Crippen LogP contribution in [0.25, 0.3) is 0 Å². The molecule has 141 valence electrons. The van der Waals surface area contributed by atoms with Crippen molar-refractivity contribution < 1.29 is 15.8 Å². The molecule has 0 radical (unpaired) electrons. The van der Waals surface area contributed by atoms with Crippen molar-refractivity contribution in [1.29, 1.82) is 0 Å². The van der Waals surface area contributed by atoms with Crippen molar-refractivity contribution in [1.82, 2.24) is 0 Å². The second kappa shape index (κ2) is 4.59. The molecule has 1 heterocycles. The quantitative estimate of drug-likeness (QED) is 0.396. The molecule has 5 aliphatic rings. The number of hydrogen-bond acceptors (Lipinski definition) is 0. The normalized spacial score (nSPS) is 51.5.